The van der Waals surface area contributed by atoms with Gasteiger partial charge in [0, 0.05) is 11.3 Å². The average Bonchev–Trinajstić information content (AvgIpc) is 2.68. The lowest BCUT2D eigenvalue weighted by Gasteiger charge is -2.10. The summed E-state index contributed by atoms with van der Waals surface area (Å²) >= 11 is 0. The molecule has 0 aliphatic carbocycles. The van der Waals surface area contributed by atoms with Crippen molar-refractivity contribution < 1.29 is 14.3 Å². The molecule has 2 N–H and O–H groups in total. The normalized spacial score (nSPS) is 13.4. The van der Waals surface area contributed by atoms with Crippen LogP contribution in [0.3, 0.4) is 0 Å². The van der Waals surface area contributed by atoms with Crippen LogP contribution in [0.15, 0.2) is 48.5 Å². The van der Waals surface area contributed by atoms with Crippen molar-refractivity contribution in [3.05, 3.63) is 54.1 Å². The Hall–Kier alpha value is -2.82. The first-order chi connectivity index (χ1) is 10.2. The monoisotopic (exact) mass is 282 g/mol. The van der Waals surface area contributed by atoms with Crippen LogP contribution in [0.2, 0.25) is 0 Å². The number of carbonyl (C=O) groups is 2. The van der Waals surface area contributed by atoms with E-state index in [-0.39, 0.29) is 11.8 Å². The number of rotatable bonds is 2. The SMILES string of the molecule is O=C1CCOc2ccc(C(=O)Nc3ccccc3)cc2N1. The van der Waals surface area contributed by atoms with Gasteiger partial charge in [0.25, 0.3) is 5.91 Å². The zero-order chi connectivity index (χ0) is 14.7. The summed E-state index contributed by atoms with van der Waals surface area (Å²) in [5.74, 6) is 0.231. The zero-order valence-corrected chi connectivity index (χ0v) is 11.3. The summed E-state index contributed by atoms with van der Waals surface area (Å²) in [5.41, 5.74) is 1.71. The molecule has 0 aromatic heterocycles. The average molecular weight is 282 g/mol. The van der Waals surface area contributed by atoms with Crippen molar-refractivity contribution in [1.29, 1.82) is 0 Å². The van der Waals surface area contributed by atoms with Crippen molar-refractivity contribution in [2.75, 3.05) is 17.2 Å². The second-order valence-electron chi connectivity index (χ2n) is 4.68. The molecule has 1 aliphatic rings. The van der Waals surface area contributed by atoms with Gasteiger partial charge in [0.2, 0.25) is 5.91 Å². The molecule has 5 heteroatoms. The lowest BCUT2D eigenvalue weighted by molar-refractivity contribution is -0.116. The maximum atomic E-state index is 12.2. The van der Waals surface area contributed by atoms with Crippen molar-refractivity contribution in [2.45, 2.75) is 6.42 Å². The predicted octanol–water partition coefficient (Wildman–Crippen LogP) is 2.66. The molecule has 0 fully saturated rings. The topological polar surface area (TPSA) is 67.4 Å². The Morgan fingerprint density at radius 1 is 1.14 bits per heavy atom. The number of carbonyl (C=O) groups excluding carboxylic acids is 2. The summed E-state index contributed by atoms with van der Waals surface area (Å²) in [6.07, 6.45) is 0.306. The molecule has 0 atom stereocenters. The van der Waals surface area contributed by atoms with Crippen LogP contribution in [0.4, 0.5) is 11.4 Å². The van der Waals surface area contributed by atoms with Gasteiger partial charge in [0.15, 0.2) is 0 Å². The lowest BCUT2D eigenvalue weighted by atomic mass is 10.1. The Bertz CT molecular complexity index is 683. The standard InChI is InChI=1S/C16H14N2O3/c19-15-8-9-21-14-7-6-11(10-13(14)18-15)16(20)17-12-4-2-1-3-5-12/h1-7,10H,8-9H2,(H,17,20)(H,18,19). The Kier molecular flexibility index (Phi) is 3.55. The number of benzene rings is 2. The third kappa shape index (κ3) is 3.02. The van der Waals surface area contributed by atoms with E-state index >= 15 is 0 Å². The van der Waals surface area contributed by atoms with Crippen LogP contribution in [0.1, 0.15) is 16.8 Å². The molecule has 0 saturated heterocycles. The molecule has 0 radical (unpaired) electrons. The fourth-order valence-electron chi connectivity index (χ4n) is 2.09. The summed E-state index contributed by atoms with van der Waals surface area (Å²) in [6.45, 7) is 0.342. The van der Waals surface area contributed by atoms with Crippen LogP contribution in [-0.4, -0.2) is 18.4 Å². The molecular weight excluding hydrogens is 268 g/mol. The number of para-hydroxylation sites is 1. The van der Waals surface area contributed by atoms with Gasteiger partial charge in [-0.2, -0.15) is 0 Å². The fourth-order valence-corrected chi connectivity index (χ4v) is 2.09. The maximum absolute atomic E-state index is 12.2. The minimum atomic E-state index is -0.234. The van der Waals surface area contributed by atoms with E-state index in [0.29, 0.717) is 30.0 Å². The first kappa shape index (κ1) is 13.2. The zero-order valence-electron chi connectivity index (χ0n) is 11.3. The number of amides is 2. The second-order valence-corrected chi connectivity index (χ2v) is 4.68. The molecule has 0 spiro atoms. The van der Waals surface area contributed by atoms with Gasteiger partial charge in [0.05, 0.1) is 18.7 Å². The summed E-state index contributed by atoms with van der Waals surface area (Å²) in [7, 11) is 0. The van der Waals surface area contributed by atoms with E-state index in [1.54, 1.807) is 18.2 Å². The van der Waals surface area contributed by atoms with E-state index in [1.165, 1.54) is 0 Å². The van der Waals surface area contributed by atoms with Crippen molar-refractivity contribution in [3.63, 3.8) is 0 Å². The highest BCUT2D eigenvalue weighted by Gasteiger charge is 2.16. The van der Waals surface area contributed by atoms with E-state index in [2.05, 4.69) is 10.6 Å². The fraction of sp³-hybridized carbons (Fsp3) is 0.125. The molecule has 2 aromatic rings. The largest absolute Gasteiger partial charge is 0.491 e. The van der Waals surface area contributed by atoms with Gasteiger partial charge in [-0.1, -0.05) is 18.2 Å². The smallest absolute Gasteiger partial charge is 0.255 e. The van der Waals surface area contributed by atoms with Crippen LogP contribution in [0.25, 0.3) is 0 Å². The first-order valence-electron chi connectivity index (χ1n) is 6.65. The highest BCUT2D eigenvalue weighted by Crippen LogP contribution is 2.28. The second kappa shape index (κ2) is 5.66. The number of fused-ring (bicyclic) bond motifs is 1. The molecule has 1 heterocycles. The van der Waals surface area contributed by atoms with Crippen molar-refractivity contribution >= 4 is 23.2 Å². The van der Waals surface area contributed by atoms with Crippen molar-refractivity contribution in [3.8, 4) is 5.75 Å². The van der Waals surface area contributed by atoms with E-state index in [1.807, 2.05) is 30.3 Å². The Morgan fingerprint density at radius 3 is 2.76 bits per heavy atom. The molecule has 3 rings (SSSR count). The van der Waals surface area contributed by atoms with Crippen molar-refractivity contribution in [2.24, 2.45) is 0 Å². The molecule has 2 amide bonds. The molecule has 5 nitrogen and oxygen atoms in total. The summed E-state index contributed by atoms with van der Waals surface area (Å²) in [5, 5.41) is 5.54. The predicted molar refractivity (Wildman–Crippen MR) is 79.6 cm³/mol. The minimum absolute atomic E-state index is 0.116. The number of nitrogens with one attached hydrogen (secondary N) is 2. The van der Waals surface area contributed by atoms with E-state index in [9.17, 15) is 9.59 Å². The van der Waals surface area contributed by atoms with Gasteiger partial charge in [-0.05, 0) is 30.3 Å². The molecule has 106 valence electrons. The number of anilines is 2. The third-order valence-electron chi connectivity index (χ3n) is 3.13. The van der Waals surface area contributed by atoms with Crippen molar-refractivity contribution in [1.82, 2.24) is 0 Å². The van der Waals surface area contributed by atoms with E-state index < -0.39 is 0 Å². The van der Waals surface area contributed by atoms with Crippen LogP contribution < -0.4 is 15.4 Å². The molecule has 2 aromatic carbocycles. The van der Waals surface area contributed by atoms with E-state index in [0.717, 1.165) is 5.69 Å². The molecule has 21 heavy (non-hydrogen) atoms. The van der Waals surface area contributed by atoms with Crippen LogP contribution in [-0.2, 0) is 4.79 Å². The van der Waals surface area contributed by atoms with Crippen LogP contribution in [0, 0.1) is 0 Å². The van der Waals surface area contributed by atoms with Gasteiger partial charge in [-0.25, -0.2) is 0 Å². The summed E-state index contributed by atoms with van der Waals surface area (Å²) in [4.78, 5) is 23.7. The molecule has 1 aliphatic heterocycles. The Morgan fingerprint density at radius 2 is 1.95 bits per heavy atom. The molecular formula is C16H14N2O3. The van der Waals surface area contributed by atoms with Gasteiger partial charge in [-0.15, -0.1) is 0 Å². The van der Waals surface area contributed by atoms with Gasteiger partial charge >= 0.3 is 0 Å². The first-order valence-corrected chi connectivity index (χ1v) is 6.65. The molecule has 0 bridgehead atoms. The maximum Gasteiger partial charge on any atom is 0.255 e. The lowest BCUT2D eigenvalue weighted by Crippen LogP contribution is -2.13. The van der Waals surface area contributed by atoms with Gasteiger partial charge in [0.1, 0.15) is 5.75 Å². The number of hydrogen-bond donors (Lipinski definition) is 2. The van der Waals surface area contributed by atoms with Gasteiger partial charge in [-0.3, -0.25) is 9.59 Å². The highest BCUT2D eigenvalue weighted by atomic mass is 16.5. The highest BCUT2D eigenvalue weighted by molar-refractivity contribution is 6.05. The van der Waals surface area contributed by atoms with Gasteiger partial charge < -0.3 is 15.4 Å². The number of ether oxygens (including phenoxy) is 1. The molecule has 0 unspecified atom stereocenters. The summed E-state index contributed by atoms with van der Waals surface area (Å²) < 4.78 is 5.46. The minimum Gasteiger partial charge on any atom is -0.491 e. The number of hydrogen-bond acceptors (Lipinski definition) is 3. The van der Waals surface area contributed by atoms with E-state index in [4.69, 9.17) is 4.74 Å². The van der Waals surface area contributed by atoms with Crippen LogP contribution in [0.5, 0.6) is 5.75 Å². The Balaban J connectivity index is 1.83. The molecule has 0 saturated carbocycles. The third-order valence-corrected chi connectivity index (χ3v) is 3.13. The quantitative estimate of drug-likeness (QED) is 0.889. The van der Waals surface area contributed by atoms with Crippen LogP contribution >= 0.6 is 0 Å². The Labute approximate surface area is 121 Å². The summed E-state index contributed by atoms with van der Waals surface area (Å²) in [6, 6.07) is 14.2.